The maximum Gasteiger partial charge on any atom is 0.355 e. The molecule has 0 saturated carbocycles. The molecule has 0 aliphatic carbocycles. The lowest BCUT2D eigenvalue weighted by Crippen LogP contribution is -2.70. The highest BCUT2D eigenvalue weighted by Crippen LogP contribution is 2.41. The van der Waals surface area contributed by atoms with Crippen LogP contribution in [-0.4, -0.2) is 51.4 Å². The SMILES string of the molecule is COc1ccc(COC(=O)C2=C(/C=C/CI)CS[C@@H]3[C@H](NC(=O)Cc4ccccc4)C(=O)N23)cc1. The quantitative estimate of drug-likeness (QED) is 0.204. The summed E-state index contributed by atoms with van der Waals surface area (Å²) in [5, 5.41) is 2.50. The van der Waals surface area contributed by atoms with Crippen molar-refractivity contribution in [3.63, 3.8) is 0 Å². The number of nitrogens with one attached hydrogen (secondary N) is 1. The number of alkyl halides is 1. The molecule has 1 saturated heterocycles. The summed E-state index contributed by atoms with van der Waals surface area (Å²) < 4.78 is 11.5. The maximum atomic E-state index is 13.1. The second kappa shape index (κ2) is 11.8. The fraction of sp³-hybridized carbons (Fsp3) is 0.269. The number of carbonyl (C=O) groups is 3. The smallest absolute Gasteiger partial charge is 0.355 e. The number of carbonyl (C=O) groups excluding carboxylic acids is 3. The Kier molecular flexibility index (Phi) is 8.50. The number of thioether (sulfide) groups is 1. The van der Waals surface area contributed by atoms with E-state index in [1.165, 1.54) is 16.7 Å². The molecule has 2 aromatic rings. The Morgan fingerprint density at radius 2 is 1.89 bits per heavy atom. The van der Waals surface area contributed by atoms with Crippen molar-refractivity contribution >= 4 is 52.1 Å². The topological polar surface area (TPSA) is 84.9 Å². The van der Waals surface area contributed by atoms with E-state index in [0.717, 1.165) is 21.1 Å². The van der Waals surface area contributed by atoms with Crippen LogP contribution in [0.4, 0.5) is 0 Å². The van der Waals surface area contributed by atoms with Crippen LogP contribution in [0.2, 0.25) is 0 Å². The number of amides is 2. The molecule has 7 nitrogen and oxygen atoms in total. The predicted octanol–water partition coefficient (Wildman–Crippen LogP) is 3.63. The number of methoxy groups -OCH3 is 1. The second-order valence-electron chi connectivity index (χ2n) is 7.97. The zero-order valence-electron chi connectivity index (χ0n) is 19.1. The van der Waals surface area contributed by atoms with Gasteiger partial charge in [-0.05, 0) is 28.8 Å². The van der Waals surface area contributed by atoms with E-state index in [-0.39, 0.29) is 35.9 Å². The van der Waals surface area contributed by atoms with Crippen LogP contribution < -0.4 is 10.1 Å². The number of benzene rings is 2. The Labute approximate surface area is 222 Å². The molecule has 2 amide bonds. The second-order valence-corrected chi connectivity index (χ2v) is 9.96. The van der Waals surface area contributed by atoms with Gasteiger partial charge in [0.25, 0.3) is 5.91 Å². The van der Waals surface area contributed by atoms with Crippen molar-refractivity contribution < 1.29 is 23.9 Å². The number of β-lactam (4-membered cyclic amide) rings is 1. The first-order valence-electron chi connectivity index (χ1n) is 11.1. The van der Waals surface area contributed by atoms with Crippen molar-refractivity contribution in [3.05, 3.63) is 89.1 Å². The molecule has 2 aliphatic rings. The van der Waals surface area contributed by atoms with Crippen LogP contribution >= 0.6 is 34.4 Å². The van der Waals surface area contributed by atoms with Crippen molar-refractivity contribution in [3.8, 4) is 5.75 Å². The first-order valence-corrected chi connectivity index (χ1v) is 13.6. The summed E-state index contributed by atoms with van der Waals surface area (Å²) in [7, 11) is 1.59. The molecule has 2 aromatic carbocycles. The summed E-state index contributed by atoms with van der Waals surface area (Å²) in [6.07, 6.45) is 4.00. The minimum absolute atomic E-state index is 0.0761. The normalized spacial score (nSPS) is 19.3. The average Bonchev–Trinajstić information content (AvgIpc) is 2.89. The molecule has 4 rings (SSSR count). The first-order chi connectivity index (χ1) is 17.0. The van der Waals surface area contributed by atoms with E-state index in [0.29, 0.717) is 11.5 Å². The Hall–Kier alpha value is -2.79. The van der Waals surface area contributed by atoms with Crippen molar-refractivity contribution in [2.24, 2.45) is 0 Å². The number of hydrogen-bond donors (Lipinski definition) is 1. The summed E-state index contributed by atoms with van der Waals surface area (Å²) in [5.74, 6) is 0.173. The Morgan fingerprint density at radius 3 is 2.57 bits per heavy atom. The van der Waals surface area contributed by atoms with Crippen LogP contribution in [0.5, 0.6) is 5.75 Å². The molecule has 2 heterocycles. The third-order valence-corrected chi connectivity index (χ3v) is 7.46. The number of rotatable bonds is 9. The van der Waals surface area contributed by atoms with Crippen LogP contribution in [0.1, 0.15) is 11.1 Å². The van der Waals surface area contributed by atoms with Gasteiger partial charge in [-0.2, -0.15) is 0 Å². The van der Waals surface area contributed by atoms with Gasteiger partial charge >= 0.3 is 5.97 Å². The molecule has 1 N–H and O–H groups in total. The molecule has 0 aromatic heterocycles. The van der Waals surface area contributed by atoms with Crippen LogP contribution in [0.15, 0.2) is 78.0 Å². The van der Waals surface area contributed by atoms with Gasteiger partial charge in [0.05, 0.1) is 13.5 Å². The molecule has 2 aliphatic heterocycles. The van der Waals surface area contributed by atoms with Gasteiger partial charge in [0.15, 0.2) is 0 Å². The fourth-order valence-electron chi connectivity index (χ4n) is 3.89. The Morgan fingerprint density at radius 1 is 1.14 bits per heavy atom. The van der Waals surface area contributed by atoms with E-state index in [4.69, 9.17) is 9.47 Å². The summed E-state index contributed by atoms with van der Waals surface area (Å²) >= 11 is 3.75. The van der Waals surface area contributed by atoms with Crippen LogP contribution in [0.25, 0.3) is 0 Å². The molecule has 9 heteroatoms. The molecule has 0 bridgehead atoms. The Balaban J connectivity index is 1.46. The van der Waals surface area contributed by atoms with Gasteiger partial charge in [0.1, 0.15) is 29.5 Å². The third kappa shape index (κ3) is 5.90. The number of halogens is 1. The van der Waals surface area contributed by atoms with E-state index < -0.39 is 12.0 Å². The highest BCUT2D eigenvalue weighted by molar-refractivity contribution is 14.1. The zero-order chi connectivity index (χ0) is 24.8. The lowest BCUT2D eigenvalue weighted by molar-refractivity contribution is -0.153. The van der Waals surface area contributed by atoms with Gasteiger partial charge < -0.3 is 14.8 Å². The largest absolute Gasteiger partial charge is 0.497 e. The molecule has 1 fully saturated rings. The van der Waals surface area contributed by atoms with Gasteiger partial charge in [-0.15, -0.1) is 11.8 Å². The number of nitrogens with zero attached hydrogens (tertiary/aromatic N) is 1. The third-order valence-electron chi connectivity index (χ3n) is 5.65. The number of esters is 1. The van der Waals surface area contributed by atoms with Crippen molar-refractivity contribution in [1.29, 1.82) is 0 Å². The van der Waals surface area contributed by atoms with Crippen LogP contribution in [0, 0.1) is 0 Å². The monoisotopic (exact) mass is 604 g/mol. The van der Waals surface area contributed by atoms with E-state index in [1.807, 2.05) is 54.6 Å². The van der Waals surface area contributed by atoms with E-state index in [1.54, 1.807) is 19.2 Å². The predicted molar refractivity (Wildman–Crippen MR) is 143 cm³/mol. The van der Waals surface area contributed by atoms with Crippen molar-refractivity contribution in [2.75, 3.05) is 17.3 Å². The van der Waals surface area contributed by atoms with Gasteiger partial charge in [0, 0.05) is 10.2 Å². The number of ether oxygens (including phenoxy) is 2. The minimum atomic E-state index is -0.671. The molecular weight excluding hydrogens is 579 g/mol. The fourth-order valence-corrected chi connectivity index (χ4v) is 5.46. The molecule has 0 unspecified atom stereocenters. The molecule has 0 radical (unpaired) electrons. The number of hydrogen-bond acceptors (Lipinski definition) is 6. The van der Waals surface area contributed by atoms with E-state index in [9.17, 15) is 14.4 Å². The number of fused-ring (bicyclic) bond motifs is 1. The highest BCUT2D eigenvalue weighted by atomic mass is 127. The standard InChI is InChI=1S/C26H25IN2O5S/c1-33-20-11-9-18(10-12-20)15-34-26(32)23-19(8-5-13-27)16-35-25-22(24(31)29(23)25)28-21(30)14-17-6-3-2-4-7-17/h2-12,22,25H,13-16H2,1H3,(H,28,30)/b8-5+/t22-,25-/m1/s1. The van der Waals surface area contributed by atoms with Gasteiger partial charge in [-0.25, -0.2) is 4.79 Å². The zero-order valence-corrected chi connectivity index (χ0v) is 22.1. The van der Waals surface area contributed by atoms with Gasteiger partial charge in [-0.1, -0.05) is 77.2 Å². The summed E-state index contributed by atoms with van der Waals surface area (Å²) in [6, 6.07) is 15.9. The summed E-state index contributed by atoms with van der Waals surface area (Å²) in [4.78, 5) is 40.2. The lowest BCUT2D eigenvalue weighted by atomic mass is 10.0. The Bertz CT molecular complexity index is 1150. The molecule has 0 spiro atoms. The molecule has 2 atom stereocenters. The molecule has 182 valence electrons. The van der Waals surface area contributed by atoms with E-state index >= 15 is 0 Å². The minimum Gasteiger partial charge on any atom is -0.497 e. The van der Waals surface area contributed by atoms with Crippen molar-refractivity contribution in [2.45, 2.75) is 24.4 Å². The summed E-state index contributed by atoms with van der Waals surface area (Å²) in [5.41, 5.74) is 2.68. The summed E-state index contributed by atoms with van der Waals surface area (Å²) in [6.45, 7) is 0.0761. The van der Waals surface area contributed by atoms with Crippen molar-refractivity contribution in [1.82, 2.24) is 10.2 Å². The lowest BCUT2D eigenvalue weighted by Gasteiger charge is -2.49. The molecule has 35 heavy (non-hydrogen) atoms. The van der Waals surface area contributed by atoms with Crippen LogP contribution in [0.3, 0.4) is 0 Å². The van der Waals surface area contributed by atoms with Gasteiger partial charge in [-0.3, -0.25) is 14.5 Å². The highest BCUT2D eigenvalue weighted by Gasteiger charge is 2.54. The van der Waals surface area contributed by atoms with E-state index in [2.05, 4.69) is 27.9 Å². The first kappa shape index (κ1) is 25.3. The maximum absolute atomic E-state index is 13.1. The average molecular weight is 604 g/mol. The molecular formula is C26H25IN2O5S. The van der Waals surface area contributed by atoms with Crippen LogP contribution in [-0.2, 0) is 32.1 Å². The number of allylic oxidation sites excluding steroid dienone is 2. The van der Waals surface area contributed by atoms with Gasteiger partial charge in [0.2, 0.25) is 5.91 Å².